The Morgan fingerprint density at radius 1 is 0.415 bits per heavy atom. The summed E-state index contributed by atoms with van der Waals surface area (Å²) < 4.78 is 43.6. The average molecular weight is 1570 g/mol. The van der Waals surface area contributed by atoms with E-state index in [0.717, 1.165) is 94.9 Å². The van der Waals surface area contributed by atoms with Crippen LogP contribution in [0.4, 0.5) is 34.1 Å². The molecule has 0 spiro atoms. The van der Waals surface area contributed by atoms with Crippen LogP contribution in [0.15, 0.2) is 234 Å². The number of ether oxygens (including phenoxy) is 6. The summed E-state index contributed by atoms with van der Waals surface area (Å²) in [6, 6.07) is 66.1. The summed E-state index contributed by atoms with van der Waals surface area (Å²) in [5.41, 5.74) is 13.9. The van der Waals surface area contributed by atoms with Crippen molar-refractivity contribution in [2.75, 3.05) is 70.1 Å². The van der Waals surface area contributed by atoms with E-state index in [2.05, 4.69) is 32.7 Å². The van der Waals surface area contributed by atoms with Gasteiger partial charge in [-0.05, 0) is 166 Å². The largest absolute Gasteiger partial charge is 0.493 e. The third-order valence-electron chi connectivity index (χ3n) is 21.7. The number of anilines is 6. The SMILES string of the molecule is Cc1cc2cc(n1)-c1cnn(CCc3cc4cc(n3)-c3cnn(CCc5cc6cc(n5)-c5ccccc5OCCCCCN5C(=NC6=O)Nc6cccc(OCc7ccccc7)c65)c3OCCCC(C)CN3C(=NC4=O)Nc4cccc(OCc5ccccc5)c43)c1OCCCCCN1C(=NC2=O)Nc2cccc(OCc3ccccc3)c21. The second-order valence-electron chi connectivity index (χ2n) is 30.2. The monoisotopic (exact) mass is 1570 g/mol. The van der Waals surface area contributed by atoms with Gasteiger partial charge in [-0.25, -0.2) is 9.36 Å². The average Bonchev–Trinajstić information content (AvgIpc) is 1.64. The molecule has 0 saturated carbocycles. The molecule has 25 nitrogen and oxygen atoms in total. The number of carbonyl (C=O) groups is 3. The van der Waals surface area contributed by atoms with Crippen LogP contribution in [0.1, 0.15) is 123 Å². The minimum absolute atomic E-state index is 0.0765. The van der Waals surface area contributed by atoms with Crippen molar-refractivity contribution in [1.29, 1.82) is 0 Å². The number of aliphatic imine (C=N–C) groups is 3. The second-order valence-corrected chi connectivity index (χ2v) is 30.2. The first-order chi connectivity index (χ1) is 58.0. The van der Waals surface area contributed by atoms with Gasteiger partial charge in [-0.15, -0.1) is 0 Å². The molecule has 11 heterocycles. The van der Waals surface area contributed by atoms with E-state index in [1.54, 1.807) is 58.2 Å². The van der Waals surface area contributed by atoms with Crippen molar-refractivity contribution < 1.29 is 42.8 Å². The number of nitrogens with one attached hydrogen (secondary N) is 3. The molecule has 5 aromatic heterocycles. The lowest BCUT2D eigenvalue weighted by Crippen LogP contribution is -2.35. The number of hydrogen-bond donors (Lipinski definition) is 3. The number of hydrogen-bond acceptors (Lipinski definition) is 20. The van der Waals surface area contributed by atoms with Gasteiger partial charge in [0.1, 0.15) is 59.9 Å². The number of aryl methyl sites for hydroxylation is 5. The van der Waals surface area contributed by atoms with Crippen LogP contribution in [0, 0.1) is 12.8 Å². The highest BCUT2D eigenvalue weighted by atomic mass is 16.5. The number of aromatic nitrogens is 7. The summed E-state index contributed by atoms with van der Waals surface area (Å²) in [5.74, 6) is 3.40. The number of guanidine groups is 3. The van der Waals surface area contributed by atoms with Crippen LogP contribution in [0.3, 0.4) is 0 Å². The first-order valence-electron chi connectivity index (χ1n) is 40.5. The fourth-order valence-corrected chi connectivity index (χ4v) is 15.8. The lowest BCUT2D eigenvalue weighted by atomic mass is 10.0. The second kappa shape index (κ2) is 34.2. The van der Waals surface area contributed by atoms with E-state index in [4.69, 9.17) is 68.5 Å². The maximum atomic E-state index is 15.5. The lowest BCUT2D eigenvalue weighted by molar-refractivity contribution is 0.0994. The van der Waals surface area contributed by atoms with Gasteiger partial charge in [0.25, 0.3) is 17.7 Å². The number of fused-ring (bicyclic) bond motifs is 21. The molecule has 3 N–H and O–H groups in total. The highest BCUT2D eigenvalue weighted by Gasteiger charge is 2.35. The maximum absolute atomic E-state index is 15.5. The first kappa shape index (κ1) is 75.4. The van der Waals surface area contributed by atoms with Gasteiger partial charge >= 0.3 is 0 Å². The minimum atomic E-state index is -0.512. The zero-order valence-electron chi connectivity index (χ0n) is 65.7. The van der Waals surface area contributed by atoms with Crippen molar-refractivity contribution in [3.8, 4) is 68.5 Å². The van der Waals surface area contributed by atoms with Crippen molar-refractivity contribution in [2.24, 2.45) is 20.9 Å². The molecular weight excluding hydrogens is 1490 g/mol. The molecule has 118 heavy (non-hydrogen) atoms. The van der Waals surface area contributed by atoms with E-state index in [1.165, 1.54) is 0 Å². The molecule has 7 aromatic carbocycles. The summed E-state index contributed by atoms with van der Waals surface area (Å²) in [6.45, 7) is 8.38. The van der Waals surface area contributed by atoms with Crippen molar-refractivity contribution in [3.63, 3.8) is 0 Å². The van der Waals surface area contributed by atoms with Gasteiger partial charge < -0.3 is 59.1 Å². The van der Waals surface area contributed by atoms with Crippen LogP contribution in [-0.2, 0) is 45.8 Å². The molecule has 1 unspecified atom stereocenters. The molecule has 0 fully saturated rings. The number of pyridine rings is 3. The Morgan fingerprint density at radius 3 is 1.32 bits per heavy atom. The highest BCUT2D eigenvalue weighted by molar-refractivity contribution is 6.22. The van der Waals surface area contributed by atoms with Gasteiger partial charge in [0, 0.05) is 71.8 Å². The van der Waals surface area contributed by atoms with Crippen molar-refractivity contribution in [1.82, 2.24) is 34.5 Å². The fourth-order valence-electron chi connectivity index (χ4n) is 15.8. The zero-order valence-corrected chi connectivity index (χ0v) is 65.7. The lowest BCUT2D eigenvalue weighted by Gasteiger charge is -2.24. The van der Waals surface area contributed by atoms with E-state index < -0.39 is 17.7 Å². The molecule has 0 saturated heterocycles. The topological polar surface area (TPSA) is 264 Å². The highest BCUT2D eigenvalue weighted by Crippen LogP contribution is 2.46. The Balaban J connectivity index is 0.670. The Labute approximate surface area is 683 Å². The summed E-state index contributed by atoms with van der Waals surface area (Å²) in [5, 5.41) is 20.4. The Hall–Kier alpha value is -14.0. The van der Waals surface area contributed by atoms with Crippen molar-refractivity contribution in [3.05, 3.63) is 269 Å². The number of para-hydroxylation sites is 4. The van der Waals surface area contributed by atoms with Crippen LogP contribution in [0.5, 0.6) is 34.8 Å². The quantitative estimate of drug-likeness (QED) is 0.0861. The number of rotatable bonds is 15. The number of amides is 3. The van der Waals surface area contributed by atoms with Crippen LogP contribution in [-0.4, -0.2) is 110 Å². The van der Waals surface area contributed by atoms with Gasteiger partial charge in [-0.2, -0.15) is 25.2 Å². The molecule has 6 aliphatic rings. The number of nitrogens with zero attached hydrogens (tertiary/aromatic N) is 13. The minimum Gasteiger partial charge on any atom is -0.493 e. The number of benzene rings is 7. The molecule has 12 aromatic rings. The third-order valence-corrected chi connectivity index (χ3v) is 21.7. The Bertz CT molecular complexity index is 5850. The molecule has 18 rings (SSSR count). The van der Waals surface area contributed by atoms with Gasteiger partial charge in [0.05, 0.1) is 90.6 Å². The van der Waals surface area contributed by atoms with Crippen LogP contribution >= 0.6 is 0 Å². The molecule has 6 aliphatic heterocycles. The molecule has 3 amide bonds. The molecule has 6 bridgehead atoms. The van der Waals surface area contributed by atoms with Gasteiger partial charge in [0.15, 0.2) is 0 Å². The van der Waals surface area contributed by atoms with E-state index in [-0.39, 0.29) is 31.0 Å². The predicted molar refractivity (Wildman–Crippen MR) is 455 cm³/mol. The maximum Gasteiger partial charge on any atom is 0.280 e. The van der Waals surface area contributed by atoms with E-state index in [0.29, 0.717) is 188 Å². The van der Waals surface area contributed by atoms with Crippen molar-refractivity contribution >= 4 is 69.7 Å². The zero-order chi connectivity index (χ0) is 79.8. The molecule has 594 valence electrons. The summed E-state index contributed by atoms with van der Waals surface area (Å²) in [6.07, 6.45) is 10.1. The fraction of sp³-hybridized carbons (Fsp3) is 0.258. The van der Waals surface area contributed by atoms with Gasteiger partial charge in [-0.1, -0.05) is 128 Å². The molecule has 0 radical (unpaired) electrons. The van der Waals surface area contributed by atoms with Gasteiger partial charge in [0.2, 0.25) is 29.6 Å². The molecule has 1 atom stereocenters. The summed E-state index contributed by atoms with van der Waals surface area (Å²) in [4.78, 5) is 81.5. The summed E-state index contributed by atoms with van der Waals surface area (Å²) >= 11 is 0. The molecular formula is C93H88N16O9. The smallest absolute Gasteiger partial charge is 0.280 e. The Kier molecular flexibility index (Phi) is 21.9. The van der Waals surface area contributed by atoms with Crippen LogP contribution in [0.2, 0.25) is 0 Å². The summed E-state index contributed by atoms with van der Waals surface area (Å²) in [7, 11) is 0. The van der Waals surface area contributed by atoms with Crippen LogP contribution in [0.25, 0.3) is 33.8 Å². The van der Waals surface area contributed by atoms with E-state index >= 15 is 9.59 Å². The normalized spacial score (nSPS) is 15.9. The standard InChI is InChI=1S/C93H88N16O9/c1-60-24-23-47-115-90-72(55-95-109(90)43-39-68-49-66-52-76(97-68)70-31-14-15-35-79(70)113-45-18-6-16-41-106-84-74(100-92(106)103-87(66)111)33-21-37-81(84)117-58-63-27-10-4-11-28-63)78-53-67(88(112)104-93-101-75-34-22-38-82(85(75)107(93)56-60)118-59-64-29-12-5-13-30-64)50-69(98-78)40-44-108-89-71(54-94-108)77-51-65(48-61(2)96-77)86(110)102-91-99-73-32-20-36-80(116-57-62-25-8-3-9-26-62)83(73)105(91)42-17-7-19-46-114-89/h3-5,8-15,20-22,25-38,48-55,60H,6-7,16-19,23-24,39-47,56-59H2,1-2H3,(H,99,102,110)(H,100,103,111)(H,101,104,112). The van der Waals surface area contributed by atoms with Gasteiger partial charge in [-0.3, -0.25) is 29.3 Å². The van der Waals surface area contributed by atoms with E-state index in [1.807, 2.05) is 182 Å². The number of carbonyl (C=O) groups excluding carboxylic acids is 3. The first-order valence-corrected chi connectivity index (χ1v) is 40.5. The third kappa shape index (κ3) is 16.5. The molecule has 0 aliphatic carbocycles. The van der Waals surface area contributed by atoms with Crippen LogP contribution < -0.4 is 59.1 Å². The predicted octanol–water partition coefficient (Wildman–Crippen LogP) is 17.0. The Morgan fingerprint density at radius 2 is 0.831 bits per heavy atom. The van der Waals surface area contributed by atoms with E-state index in [9.17, 15) is 4.79 Å². The van der Waals surface area contributed by atoms with Crippen molar-refractivity contribution in [2.45, 2.75) is 111 Å². The molecule has 25 heteroatoms.